The molecule has 0 aliphatic carbocycles. The van der Waals surface area contributed by atoms with Gasteiger partial charge in [-0.2, -0.15) is 13.2 Å². The van der Waals surface area contributed by atoms with Gasteiger partial charge >= 0.3 is 6.61 Å². The number of ether oxygens (including phenoxy) is 1. The Kier molecular flexibility index (Phi) is 5.83. The third kappa shape index (κ3) is 4.01. The molecule has 0 saturated carbocycles. The van der Waals surface area contributed by atoms with Gasteiger partial charge in [0.1, 0.15) is 0 Å². The quantitative estimate of drug-likeness (QED) is 0.364. The summed E-state index contributed by atoms with van der Waals surface area (Å²) in [5, 5.41) is 2.73. The highest BCUT2D eigenvalue weighted by atomic mass is 19.3. The minimum absolute atomic E-state index is 0.0151. The molecule has 0 radical (unpaired) electrons. The summed E-state index contributed by atoms with van der Waals surface area (Å²) in [6, 6.07) is 0.280. The number of hydrogen-bond donors (Lipinski definition) is 1. The minimum atomic E-state index is -3.57. The van der Waals surface area contributed by atoms with Crippen LogP contribution in [0.25, 0.3) is 0 Å². The number of hydrogen-bond acceptors (Lipinski definition) is 3. The van der Waals surface area contributed by atoms with Gasteiger partial charge in [0, 0.05) is 12.1 Å². The van der Waals surface area contributed by atoms with Crippen molar-refractivity contribution in [2.24, 2.45) is 0 Å². The molecule has 116 valence electrons. The van der Waals surface area contributed by atoms with Crippen LogP contribution in [0, 0.1) is 17.5 Å². The van der Waals surface area contributed by atoms with Crippen molar-refractivity contribution in [3.8, 4) is 5.75 Å². The average molecular weight is 309 g/mol. The van der Waals surface area contributed by atoms with E-state index in [1.54, 1.807) is 6.92 Å². The maximum absolute atomic E-state index is 13.9. The SMILES string of the molecule is C=C(CNCC)C(=O)c1cc(F)c(F)c(OC(F)F)c1F. The first-order chi connectivity index (χ1) is 9.79. The Balaban J connectivity index is 3.22. The van der Waals surface area contributed by atoms with Crippen molar-refractivity contribution in [3.63, 3.8) is 0 Å². The van der Waals surface area contributed by atoms with Crippen LogP contribution in [0.5, 0.6) is 5.75 Å². The highest BCUT2D eigenvalue weighted by Gasteiger charge is 2.26. The van der Waals surface area contributed by atoms with Gasteiger partial charge in [0.05, 0.1) is 5.56 Å². The molecule has 0 saturated heterocycles. The number of alkyl halides is 2. The van der Waals surface area contributed by atoms with Crippen molar-refractivity contribution >= 4 is 5.78 Å². The molecule has 1 rings (SSSR count). The average Bonchev–Trinajstić information content (AvgIpc) is 2.43. The van der Waals surface area contributed by atoms with E-state index in [1.807, 2.05) is 0 Å². The van der Waals surface area contributed by atoms with E-state index in [4.69, 9.17) is 0 Å². The van der Waals surface area contributed by atoms with Gasteiger partial charge in [0.15, 0.2) is 17.4 Å². The Labute approximate surface area is 117 Å². The maximum Gasteiger partial charge on any atom is 0.387 e. The highest BCUT2D eigenvalue weighted by molar-refractivity contribution is 6.09. The van der Waals surface area contributed by atoms with Crippen LogP contribution in [0.3, 0.4) is 0 Å². The predicted molar refractivity (Wildman–Crippen MR) is 65.0 cm³/mol. The Bertz CT molecular complexity index is 560. The van der Waals surface area contributed by atoms with Gasteiger partial charge in [-0.15, -0.1) is 0 Å². The fraction of sp³-hybridized carbons (Fsp3) is 0.308. The molecule has 0 bridgehead atoms. The van der Waals surface area contributed by atoms with Gasteiger partial charge in [0.25, 0.3) is 0 Å². The molecule has 8 heteroatoms. The fourth-order valence-electron chi connectivity index (χ4n) is 1.48. The van der Waals surface area contributed by atoms with E-state index in [2.05, 4.69) is 16.6 Å². The molecule has 0 unspecified atom stereocenters. The number of carbonyl (C=O) groups excluding carboxylic acids is 1. The Morgan fingerprint density at radius 3 is 2.48 bits per heavy atom. The first kappa shape index (κ1) is 17.1. The van der Waals surface area contributed by atoms with Crippen LogP contribution in [-0.4, -0.2) is 25.5 Å². The van der Waals surface area contributed by atoms with Crippen LogP contribution < -0.4 is 10.1 Å². The molecule has 0 atom stereocenters. The lowest BCUT2D eigenvalue weighted by molar-refractivity contribution is -0.0550. The second kappa shape index (κ2) is 7.16. The Hall–Kier alpha value is -1.96. The zero-order chi connectivity index (χ0) is 16.2. The lowest BCUT2D eigenvalue weighted by atomic mass is 10.0. The lowest BCUT2D eigenvalue weighted by Gasteiger charge is -2.12. The lowest BCUT2D eigenvalue weighted by Crippen LogP contribution is -2.21. The highest BCUT2D eigenvalue weighted by Crippen LogP contribution is 2.29. The van der Waals surface area contributed by atoms with Gasteiger partial charge in [0.2, 0.25) is 11.6 Å². The van der Waals surface area contributed by atoms with E-state index < -0.39 is 41.2 Å². The Morgan fingerprint density at radius 1 is 1.33 bits per heavy atom. The monoisotopic (exact) mass is 309 g/mol. The number of ketones is 1. The zero-order valence-electron chi connectivity index (χ0n) is 11.0. The number of likely N-dealkylation sites (N-methyl/N-ethyl adjacent to an activating group) is 1. The van der Waals surface area contributed by atoms with Crippen LogP contribution in [0.4, 0.5) is 22.0 Å². The van der Waals surface area contributed by atoms with Gasteiger partial charge in [-0.05, 0) is 12.6 Å². The summed E-state index contributed by atoms with van der Waals surface area (Å²) in [5.41, 5.74) is -1.06. The van der Waals surface area contributed by atoms with E-state index in [0.717, 1.165) is 0 Å². The number of carbonyl (C=O) groups is 1. The van der Waals surface area contributed by atoms with Crippen molar-refractivity contribution in [1.82, 2.24) is 5.32 Å². The van der Waals surface area contributed by atoms with E-state index in [-0.39, 0.29) is 18.2 Å². The van der Waals surface area contributed by atoms with Crippen LogP contribution >= 0.6 is 0 Å². The molecule has 0 aliphatic rings. The van der Waals surface area contributed by atoms with Gasteiger partial charge < -0.3 is 10.1 Å². The van der Waals surface area contributed by atoms with Gasteiger partial charge in [-0.3, -0.25) is 4.79 Å². The standard InChI is InChI=1S/C13H12F5NO2/c1-3-19-5-6(2)11(20)7-4-8(14)10(16)12(9(7)15)21-13(17)18/h4,13,19H,2-3,5H2,1H3. The van der Waals surface area contributed by atoms with E-state index in [0.29, 0.717) is 6.54 Å². The van der Waals surface area contributed by atoms with Crippen LogP contribution in [-0.2, 0) is 0 Å². The molecule has 1 aromatic rings. The number of Topliss-reactive ketones (excluding diaryl/α,β-unsaturated/α-hetero) is 1. The molecule has 1 aromatic carbocycles. The zero-order valence-corrected chi connectivity index (χ0v) is 11.0. The summed E-state index contributed by atoms with van der Waals surface area (Å²) in [6.07, 6.45) is 0. The molecule has 0 fully saturated rings. The molecule has 1 N–H and O–H groups in total. The molecular formula is C13H12F5NO2. The van der Waals surface area contributed by atoms with E-state index in [1.165, 1.54) is 0 Å². The fourth-order valence-corrected chi connectivity index (χ4v) is 1.48. The van der Waals surface area contributed by atoms with Crippen LogP contribution in [0.1, 0.15) is 17.3 Å². The number of nitrogens with one attached hydrogen (secondary N) is 1. The topological polar surface area (TPSA) is 38.3 Å². The first-order valence-electron chi connectivity index (χ1n) is 5.85. The third-order valence-electron chi connectivity index (χ3n) is 2.48. The second-order valence-corrected chi connectivity index (χ2v) is 3.95. The smallest absolute Gasteiger partial charge is 0.387 e. The van der Waals surface area contributed by atoms with Crippen LogP contribution in [0.2, 0.25) is 0 Å². The van der Waals surface area contributed by atoms with Crippen LogP contribution in [0.15, 0.2) is 18.2 Å². The van der Waals surface area contributed by atoms with E-state index >= 15 is 0 Å². The van der Waals surface area contributed by atoms with E-state index in [9.17, 15) is 26.7 Å². The molecule has 0 aliphatic heterocycles. The maximum atomic E-state index is 13.9. The van der Waals surface area contributed by atoms with Crippen molar-refractivity contribution < 1.29 is 31.5 Å². The molecule has 0 spiro atoms. The molecule has 3 nitrogen and oxygen atoms in total. The normalized spacial score (nSPS) is 10.8. The number of rotatable bonds is 7. The summed E-state index contributed by atoms with van der Waals surface area (Å²) >= 11 is 0. The number of halogens is 5. The van der Waals surface area contributed by atoms with Gasteiger partial charge in [-0.1, -0.05) is 13.5 Å². The molecule has 0 heterocycles. The molecular weight excluding hydrogens is 297 g/mol. The summed E-state index contributed by atoms with van der Waals surface area (Å²) in [7, 11) is 0. The van der Waals surface area contributed by atoms with Gasteiger partial charge in [-0.25, -0.2) is 8.78 Å². The van der Waals surface area contributed by atoms with Crippen molar-refractivity contribution in [2.45, 2.75) is 13.5 Å². The summed E-state index contributed by atoms with van der Waals surface area (Å²) < 4.78 is 68.1. The minimum Gasteiger partial charge on any atom is -0.428 e. The number of benzene rings is 1. The third-order valence-corrected chi connectivity index (χ3v) is 2.48. The van der Waals surface area contributed by atoms with Crippen molar-refractivity contribution in [3.05, 3.63) is 41.2 Å². The Morgan fingerprint density at radius 2 is 1.95 bits per heavy atom. The molecule has 0 aromatic heterocycles. The summed E-state index contributed by atoms with van der Waals surface area (Å²) in [4.78, 5) is 11.9. The van der Waals surface area contributed by atoms with Crippen molar-refractivity contribution in [2.75, 3.05) is 13.1 Å². The largest absolute Gasteiger partial charge is 0.428 e. The first-order valence-corrected chi connectivity index (χ1v) is 5.85. The summed E-state index contributed by atoms with van der Waals surface area (Å²) in [6.45, 7) is 2.02. The molecule has 0 amide bonds. The second-order valence-electron chi connectivity index (χ2n) is 3.95. The summed E-state index contributed by atoms with van der Waals surface area (Å²) in [5.74, 6) is -7.97. The predicted octanol–water partition coefficient (Wildman–Crippen LogP) is 3.05. The molecule has 21 heavy (non-hydrogen) atoms. The van der Waals surface area contributed by atoms with Crippen molar-refractivity contribution in [1.29, 1.82) is 0 Å².